The third-order valence-corrected chi connectivity index (χ3v) is 2.82. The summed E-state index contributed by atoms with van der Waals surface area (Å²) in [6.07, 6.45) is 2.99. The highest BCUT2D eigenvalue weighted by Gasteiger charge is 2.10. The number of hydrogen-bond donors (Lipinski definition) is 2. The van der Waals surface area contributed by atoms with Crippen molar-refractivity contribution < 1.29 is 9.21 Å². The van der Waals surface area contributed by atoms with Gasteiger partial charge in [0, 0.05) is 11.9 Å². The lowest BCUT2D eigenvalue weighted by Gasteiger charge is -2.02. The number of benzene rings is 1. The van der Waals surface area contributed by atoms with Gasteiger partial charge in [-0.2, -0.15) is 0 Å². The lowest BCUT2D eigenvalue weighted by Crippen LogP contribution is -2.24. The maximum atomic E-state index is 11.8. The van der Waals surface area contributed by atoms with Crippen molar-refractivity contribution in [1.82, 2.24) is 5.32 Å². The van der Waals surface area contributed by atoms with Gasteiger partial charge in [-0.1, -0.05) is 24.6 Å². The molecule has 0 bridgehead atoms. The molecule has 2 rings (SSSR count). The summed E-state index contributed by atoms with van der Waals surface area (Å²) in [5.74, 6) is 0.217. The summed E-state index contributed by atoms with van der Waals surface area (Å²) in [5.41, 5.74) is 6.14. The molecule has 0 saturated heterocycles. The lowest BCUT2D eigenvalue weighted by molar-refractivity contribution is 0.0927. The Kier molecular flexibility index (Phi) is 4.36. The minimum Gasteiger partial charge on any atom is -0.451 e. The molecule has 4 heteroatoms. The summed E-state index contributed by atoms with van der Waals surface area (Å²) in [6.45, 7) is 1.37. The molecule has 4 nitrogen and oxygen atoms in total. The molecule has 1 aromatic carbocycles. The monoisotopic (exact) mass is 246 g/mol. The van der Waals surface area contributed by atoms with Crippen molar-refractivity contribution in [2.75, 3.05) is 13.1 Å². The van der Waals surface area contributed by atoms with Gasteiger partial charge in [0.15, 0.2) is 5.76 Å². The molecule has 0 aliphatic heterocycles. The second-order valence-corrected chi connectivity index (χ2v) is 4.25. The zero-order valence-electron chi connectivity index (χ0n) is 10.3. The van der Waals surface area contributed by atoms with Crippen LogP contribution in [0.3, 0.4) is 0 Å². The highest BCUT2D eigenvalue weighted by atomic mass is 16.3. The number of fused-ring (bicyclic) bond motifs is 1. The van der Waals surface area contributed by atoms with E-state index in [9.17, 15) is 4.79 Å². The smallest absolute Gasteiger partial charge is 0.287 e. The molecule has 0 atom stereocenters. The van der Waals surface area contributed by atoms with Crippen molar-refractivity contribution in [3.05, 3.63) is 36.1 Å². The number of nitrogens with two attached hydrogens (primary N) is 1. The number of furan rings is 1. The van der Waals surface area contributed by atoms with E-state index in [4.69, 9.17) is 10.2 Å². The Balaban J connectivity index is 1.88. The van der Waals surface area contributed by atoms with E-state index in [1.165, 1.54) is 0 Å². The van der Waals surface area contributed by atoms with Crippen molar-refractivity contribution in [2.45, 2.75) is 19.3 Å². The van der Waals surface area contributed by atoms with Gasteiger partial charge in [0.25, 0.3) is 5.91 Å². The molecule has 0 saturated carbocycles. The number of amides is 1. The number of nitrogens with one attached hydrogen (secondary N) is 1. The predicted octanol–water partition coefficient (Wildman–Crippen LogP) is 2.29. The van der Waals surface area contributed by atoms with E-state index in [1.807, 2.05) is 24.3 Å². The average Bonchev–Trinajstić information content (AvgIpc) is 2.82. The standard InChI is InChI=1S/C14H18N2O2/c15-8-4-1-5-9-16-14(17)13-10-11-6-2-3-7-12(11)18-13/h2-3,6-7,10H,1,4-5,8-9,15H2,(H,16,17). The summed E-state index contributed by atoms with van der Waals surface area (Å²) in [4.78, 5) is 11.8. The highest BCUT2D eigenvalue weighted by molar-refractivity contribution is 5.95. The van der Waals surface area contributed by atoms with Gasteiger partial charge < -0.3 is 15.5 Å². The largest absolute Gasteiger partial charge is 0.451 e. The molecule has 1 amide bonds. The van der Waals surface area contributed by atoms with Gasteiger partial charge in [0.1, 0.15) is 5.58 Å². The molecule has 3 N–H and O–H groups in total. The van der Waals surface area contributed by atoms with E-state index in [0.717, 1.165) is 30.2 Å². The van der Waals surface area contributed by atoms with Crippen LogP contribution in [0.1, 0.15) is 29.8 Å². The molecular weight excluding hydrogens is 228 g/mol. The summed E-state index contributed by atoms with van der Waals surface area (Å²) in [5, 5.41) is 3.80. The fraction of sp³-hybridized carbons (Fsp3) is 0.357. The van der Waals surface area contributed by atoms with Crippen molar-refractivity contribution in [3.63, 3.8) is 0 Å². The third-order valence-electron chi connectivity index (χ3n) is 2.82. The summed E-state index contributed by atoms with van der Waals surface area (Å²) < 4.78 is 5.48. The van der Waals surface area contributed by atoms with E-state index < -0.39 is 0 Å². The molecule has 18 heavy (non-hydrogen) atoms. The Morgan fingerprint density at radius 2 is 2.06 bits per heavy atom. The van der Waals surface area contributed by atoms with Crippen LogP contribution in [-0.4, -0.2) is 19.0 Å². The zero-order valence-corrected chi connectivity index (χ0v) is 10.3. The number of rotatable bonds is 6. The Bertz CT molecular complexity index is 486. The van der Waals surface area contributed by atoms with Gasteiger partial charge >= 0.3 is 0 Å². The van der Waals surface area contributed by atoms with Gasteiger partial charge in [-0.15, -0.1) is 0 Å². The first kappa shape index (κ1) is 12.6. The van der Waals surface area contributed by atoms with Gasteiger partial charge in [-0.05, 0) is 31.5 Å². The van der Waals surface area contributed by atoms with Crippen LogP contribution < -0.4 is 11.1 Å². The molecule has 0 aliphatic rings. The Labute approximate surface area is 106 Å². The minimum atomic E-state index is -0.154. The summed E-state index contributed by atoms with van der Waals surface area (Å²) in [7, 11) is 0. The maximum absolute atomic E-state index is 11.8. The first-order valence-corrected chi connectivity index (χ1v) is 6.28. The predicted molar refractivity (Wildman–Crippen MR) is 71.5 cm³/mol. The number of unbranched alkanes of at least 4 members (excludes halogenated alkanes) is 2. The van der Waals surface area contributed by atoms with E-state index in [2.05, 4.69) is 5.32 Å². The topological polar surface area (TPSA) is 68.3 Å². The lowest BCUT2D eigenvalue weighted by atomic mass is 10.2. The van der Waals surface area contributed by atoms with Gasteiger partial charge in [-0.25, -0.2) is 0 Å². The number of para-hydroxylation sites is 1. The van der Waals surface area contributed by atoms with Gasteiger partial charge in [0.05, 0.1) is 0 Å². The SMILES string of the molecule is NCCCCCNC(=O)c1cc2ccccc2o1. The molecule has 0 radical (unpaired) electrons. The first-order chi connectivity index (χ1) is 8.81. The van der Waals surface area contributed by atoms with E-state index in [0.29, 0.717) is 18.8 Å². The van der Waals surface area contributed by atoms with Crippen LogP contribution in [0.5, 0.6) is 0 Å². The van der Waals surface area contributed by atoms with Crippen LogP contribution in [-0.2, 0) is 0 Å². The molecular formula is C14H18N2O2. The Morgan fingerprint density at radius 3 is 2.83 bits per heavy atom. The van der Waals surface area contributed by atoms with Crippen LogP contribution in [0.25, 0.3) is 11.0 Å². The molecule has 0 aliphatic carbocycles. The highest BCUT2D eigenvalue weighted by Crippen LogP contribution is 2.18. The molecule has 2 aromatic rings. The molecule has 0 fully saturated rings. The summed E-state index contributed by atoms with van der Waals surface area (Å²) >= 11 is 0. The van der Waals surface area contributed by atoms with Gasteiger partial charge in [-0.3, -0.25) is 4.79 Å². The quantitative estimate of drug-likeness (QED) is 0.768. The summed E-state index contributed by atoms with van der Waals surface area (Å²) in [6, 6.07) is 9.36. The zero-order chi connectivity index (χ0) is 12.8. The fourth-order valence-electron chi connectivity index (χ4n) is 1.83. The van der Waals surface area contributed by atoms with Crippen LogP contribution in [0.2, 0.25) is 0 Å². The molecule has 1 heterocycles. The van der Waals surface area contributed by atoms with E-state index in [-0.39, 0.29) is 5.91 Å². The molecule has 96 valence electrons. The maximum Gasteiger partial charge on any atom is 0.287 e. The second kappa shape index (κ2) is 6.21. The fourth-order valence-corrected chi connectivity index (χ4v) is 1.83. The van der Waals surface area contributed by atoms with Crippen LogP contribution in [0.4, 0.5) is 0 Å². The Morgan fingerprint density at radius 1 is 1.22 bits per heavy atom. The molecule has 0 unspecified atom stereocenters. The Hall–Kier alpha value is -1.81. The van der Waals surface area contributed by atoms with Crippen LogP contribution in [0, 0.1) is 0 Å². The number of hydrogen-bond acceptors (Lipinski definition) is 3. The second-order valence-electron chi connectivity index (χ2n) is 4.25. The van der Waals surface area contributed by atoms with E-state index in [1.54, 1.807) is 6.07 Å². The first-order valence-electron chi connectivity index (χ1n) is 6.28. The van der Waals surface area contributed by atoms with Crippen molar-refractivity contribution >= 4 is 16.9 Å². The van der Waals surface area contributed by atoms with Crippen LogP contribution >= 0.6 is 0 Å². The minimum absolute atomic E-state index is 0.154. The van der Waals surface area contributed by atoms with Crippen molar-refractivity contribution in [2.24, 2.45) is 5.73 Å². The van der Waals surface area contributed by atoms with E-state index >= 15 is 0 Å². The average molecular weight is 246 g/mol. The number of carbonyl (C=O) groups is 1. The van der Waals surface area contributed by atoms with Crippen molar-refractivity contribution in [1.29, 1.82) is 0 Å². The molecule has 1 aromatic heterocycles. The normalized spacial score (nSPS) is 10.7. The van der Waals surface area contributed by atoms with Crippen molar-refractivity contribution in [3.8, 4) is 0 Å². The third kappa shape index (κ3) is 3.11. The number of carbonyl (C=O) groups excluding carboxylic acids is 1. The van der Waals surface area contributed by atoms with Gasteiger partial charge in [0.2, 0.25) is 0 Å². The van der Waals surface area contributed by atoms with Crippen LogP contribution in [0.15, 0.2) is 34.7 Å². The molecule has 0 spiro atoms.